The van der Waals surface area contributed by atoms with E-state index in [2.05, 4.69) is 25.3 Å². The Morgan fingerprint density at radius 1 is 1.28 bits per heavy atom. The molecule has 4 N–H and O–H groups in total. The largest absolute Gasteiger partial charge is 0.419 e. The van der Waals surface area contributed by atoms with Crippen LogP contribution in [0.2, 0.25) is 0 Å². The predicted octanol–water partition coefficient (Wildman–Crippen LogP) is 2.55. The first kappa shape index (κ1) is 19.1. The molecule has 4 rings (SSSR count). The van der Waals surface area contributed by atoms with Crippen LogP contribution in [-0.2, 0) is 6.18 Å². The van der Waals surface area contributed by atoms with Gasteiger partial charge in [-0.25, -0.2) is 9.97 Å². The zero-order valence-electron chi connectivity index (χ0n) is 15.2. The normalized spacial score (nSPS) is 17.5. The number of nitrogens with one attached hydrogen (secondary N) is 2. The number of aromatic nitrogens is 4. The molecule has 8 nitrogen and oxygen atoms in total. The number of aromatic amines is 1. The Bertz CT molecular complexity index is 1040. The highest BCUT2D eigenvalue weighted by molar-refractivity contribution is 6.11. The summed E-state index contributed by atoms with van der Waals surface area (Å²) in [7, 11) is 0. The fraction of sp³-hybridized carbons (Fsp3) is 0.333. The summed E-state index contributed by atoms with van der Waals surface area (Å²) in [6, 6.07) is -0.232. The first-order valence-electron chi connectivity index (χ1n) is 9.00. The number of rotatable bonds is 3. The van der Waals surface area contributed by atoms with E-state index in [4.69, 9.17) is 5.73 Å². The van der Waals surface area contributed by atoms with Crippen molar-refractivity contribution in [2.24, 2.45) is 5.73 Å². The molecule has 0 spiro atoms. The van der Waals surface area contributed by atoms with Crippen LogP contribution in [0.25, 0.3) is 11.0 Å². The lowest BCUT2D eigenvalue weighted by molar-refractivity contribution is -0.137. The lowest BCUT2D eigenvalue weighted by Crippen LogP contribution is -2.43. The van der Waals surface area contributed by atoms with Gasteiger partial charge < -0.3 is 20.9 Å². The lowest BCUT2D eigenvalue weighted by Gasteiger charge is -2.34. The standard InChI is InChI=1S/C18H18F3N7O/c19-18(20,21)11-6-25-16-14(15(11)28-5-1-2-10(22)9-28)12(8-26-16)27-17(29)13-7-23-3-4-24-13/h3-4,6-8,10H,1-2,5,9,22H2,(H,25,26)(H,27,29). The second-order valence-corrected chi connectivity index (χ2v) is 6.84. The summed E-state index contributed by atoms with van der Waals surface area (Å²) in [5, 5.41) is 2.80. The molecule has 1 aliphatic heterocycles. The molecule has 1 unspecified atom stereocenters. The third kappa shape index (κ3) is 3.73. The molecule has 1 fully saturated rings. The Morgan fingerprint density at radius 2 is 2.10 bits per heavy atom. The summed E-state index contributed by atoms with van der Waals surface area (Å²) >= 11 is 0. The molecule has 4 heterocycles. The first-order valence-corrected chi connectivity index (χ1v) is 9.00. The highest BCUT2D eigenvalue weighted by Crippen LogP contribution is 2.43. The SMILES string of the molecule is NC1CCCN(c2c(C(F)(F)F)cnc3[nH]cc(NC(=O)c4cnccn4)c23)C1. The van der Waals surface area contributed by atoms with E-state index >= 15 is 0 Å². The highest BCUT2D eigenvalue weighted by atomic mass is 19.4. The maximum atomic E-state index is 13.8. The Balaban J connectivity index is 1.83. The number of fused-ring (bicyclic) bond motifs is 1. The molecule has 0 aliphatic carbocycles. The minimum Gasteiger partial charge on any atom is -0.369 e. The first-order chi connectivity index (χ1) is 13.8. The Hall–Kier alpha value is -3.21. The van der Waals surface area contributed by atoms with Crippen LogP contribution in [0.1, 0.15) is 28.9 Å². The summed E-state index contributed by atoms with van der Waals surface area (Å²) in [5.74, 6) is -0.585. The quantitative estimate of drug-likeness (QED) is 0.617. The molecule has 1 aliphatic rings. The minimum atomic E-state index is -4.61. The number of hydrogen-bond donors (Lipinski definition) is 3. The molecule has 11 heteroatoms. The zero-order chi connectivity index (χ0) is 20.6. The number of H-pyrrole nitrogens is 1. The molecule has 1 saturated heterocycles. The third-order valence-electron chi connectivity index (χ3n) is 4.80. The maximum Gasteiger partial charge on any atom is 0.419 e. The average Bonchev–Trinajstić information content (AvgIpc) is 3.10. The second kappa shape index (κ2) is 7.32. The van der Waals surface area contributed by atoms with E-state index in [-0.39, 0.29) is 40.7 Å². The van der Waals surface area contributed by atoms with Crippen LogP contribution in [0.15, 0.2) is 31.0 Å². The molecule has 0 saturated carbocycles. The van der Waals surface area contributed by atoms with Gasteiger partial charge in [-0.15, -0.1) is 0 Å². The molecule has 0 bridgehead atoms. The Morgan fingerprint density at radius 3 is 2.79 bits per heavy atom. The number of alkyl halides is 3. The number of nitrogens with zero attached hydrogens (tertiary/aromatic N) is 4. The van der Waals surface area contributed by atoms with Gasteiger partial charge in [-0.3, -0.25) is 9.78 Å². The van der Waals surface area contributed by atoms with Gasteiger partial charge in [0.15, 0.2) is 0 Å². The highest BCUT2D eigenvalue weighted by Gasteiger charge is 2.38. The summed E-state index contributed by atoms with van der Waals surface area (Å²) in [5.41, 5.74) is 5.57. The van der Waals surface area contributed by atoms with Crippen LogP contribution in [0.5, 0.6) is 0 Å². The van der Waals surface area contributed by atoms with Crippen molar-refractivity contribution >= 4 is 28.3 Å². The molecule has 29 heavy (non-hydrogen) atoms. The molecule has 3 aromatic heterocycles. The smallest absolute Gasteiger partial charge is 0.369 e. The van der Waals surface area contributed by atoms with Crippen LogP contribution in [0, 0.1) is 0 Å². The maximum absolute atomic E-state index is 13.8. The average molecular weight is 405 g/mol. The van der Waals surface area contributed by atoms with Crippen molar-refractivity contribution in [1.82, 2.24) is 19.9 Å². The molecule has 1 amide bonds. The van der Waals surface area contributed by atoms with Crippen molar-refractivity contribution in [3.63, 3.8) is 0 Å². The number of carbonyl (C=O) groups is 1. The van der Waals surface area contributed by atoms with Gasteiger partial charge in [0.1, 0.15) is 11.3 Å². The molecule has 152 valence electrons. The van der Waals surface area contributed by atoms with Crippen molar-refractivity contribution < 1.29 is 18.0 Å². The van der Waals surface area contributed by atoms with Crippen LogP contribution >= 0.6 is 0 Å². The number of carbonyl (C=O) groups excluding carboxylic acids is 1. The number of pyridine rings is 1. The molecule has 0 radical (unpaired) electrons. The van der Waals surface area contributed by atoms with Crippen molar-refractivity contribution in [2.75, 3.05) is 23.3 Å². The number of halogens is 3. The van der Waals surface area contributed by atoms with Gasteiger partial charge in [0, 0.05) is 43.9 Å². The Kier molecular flexibility index (Phi) is 4.82. The monoisotopic (exact) mass is 405 g/mol. The minimum absolute atomic E-state index is 0.0339. The Labute approximate surface area is 163 Å². The van der Waals surface area contributed by atoms with Crippen molar-refractivity contribution in [3.05, 3.63) is 42.2 Å². The zero-order valence-corrected chi connectivity index (χ0v) is 15.2. The predicted molar refractivity (Wildman–Crippen MR) is 101 cm³/mol. The van der Waals surface area contributed by atoms with Gasteiger partial charge in [0.25, 0.3) is 5.91 Å². The molecule has 3 aromatic rings. The lowest BCUT2D eigenvalue weighted by atomic mass is 10.0. The van der Waals surface area contributed by atoms with E-state index in [9.17, 15) is 18.0 Å². The van der Waals surface area contributed by atoms with Crippen LogP contribution < -0.4 is 16.0 Å². The van der Waals surface area contributed by atoms with Crippen LogP contribution in [0.4, 0.5) is 24.5 Å². The molecular weight excluding hydrogens is 387 g/mol. The molecule has 1 atom stereocenters. The van der Waals surface area contributed by atoms with Gasteiger partial charge in [-0.2, -0.15) is 13.2 Å². The number of amides is 1. The topological polar surface area (TPSA) is 113 Å². The number of piperidine rings is 1. The number of nitrogens with two attached hydrogens (primary N) is 1. The van der Waals surface area contributed by atoms with E-state index in [0.29, 0.717) is 13.0 Å². The van der Waals surface area contributed by atoms with Gasteiger partial charge in [0.2, 0.25) is 0 Å². The van der Waals surface area contributed by atoms with Gasteiger partial charge >= 0.3 is 6.18 Å². The number of anilines is 2. The summed E-state index contributed by atoms with van der Waals surface area (Å²) in [6.07, 6.45) is 3.08. The van der Waals surface area contributed by atoms with Crippen molar-refractivity contribution in [2.45, 2.75) is 25.1 Å². The van der Waals surface area contributed by atoms with E-state index in [0.717, 1.165) is 12.6 Å². The third-order valence-corrected chi connectivity index (χ3v) is 4.80. The summed E-state index contributed by atoms with van der Waals surface area (Å²) in [6.45, 7) is 0.712. The molecular formula is C18H18F3N7O. The van der Waals surface area contributed by atoms with E-state index in [1.807, 2.05) is 0 Å². The van der Waals surface area contributed by atoms with Crippen molar-refractivity contribution in [3.8, 4) is 0 Å². The molecule has 0 aromatic carbocycles. The van der Waals surface area contributed by atoms with E-state index in [1.54, 1.807) is 4.90 Å². The van der Waals surface area contributed by atoms with Crippen LogP contribution in [-0.4, -0.2) is 45.0 Å². The second-order valence-electron chi connectivity index (χ2n) is 6.84. The van der Waals surface area contributed by atoms with E-state index < -0.39 is 17.6 Å². The van der Waals surface area contributed by atoms with Gasteiger partial charge in [-0.1, -0.05) is 0 Å². The van der Waals surface area contributed by atoms with Crippen LogP contribution in [0.3, 0.4) is 0 Å². The summed E-state index contributed by atoms with van der Waals surface area (Å²) < 4.78 is 41.3. The summed E-state index contributed by atoms with van der Waals surface area (Å²) in [4.78, 5) is 28.6. The van der Waals surface area contributed by atoms with Gasteiger partial charge in [-0.05, 0) is 12.8 Å². The fourth-order valence-electron chi connectivity index (χ4n) is 3.53. The number of hydrogen-bond acceptors (Lipinski definition) is 6. The van der Waals surface area contributed by atoms with E-state index in [1.165, 1.54) is 24.8 Å². The van der Waals surface area contributed by atoms with Crippen molar-refractivity contribution in [1.29, 1.82) is 0 Å². The van der Waals surface area contributed by atoms with Gasteiger partial charge in [0.05, 0.1) is 28.5 Å². The fourth-order valence-corrected chi connectivity index (χ4v) is 3.53.